The Kier molecular flexibility index (Phi) is 10.2. The number of halogens is 2. The van der Waals surface area contributed by atoms with Gasteiger partial charge < -0.3 is 0 Å². The van der Waals surface area contributed by atoms with E-state index in [4.69, 9.17) is 0 Å². The Bertz CT molecular complexity index is 974. The van der Waals surface area contributed by atoms with Gasteiger partial charge in [0, 0.05) is 32.4 Å². The maximum Gasteiger partial charge on any atom is 0.237 e. The van der Waals surface area contributed by atoms with Crippen molar-refractivity contribution in [2.24, 2.45) is 11.8 Å². The summed E-state index contributed by atoms with van der Waals surface area (Å²) in [6.07, 6.45) is 11.9. The molecule has 168 valence electrons. The van der Waals surface area contributed by atoms with Gasteiger partial charge in [0.1, 0.15) is 0 Å². The molecule has 0 heterocycles. The lowest BCUT2D eigenvalue weighted by Gasteiger charge is -2.08. The van der Waals surface area contributed by atoms with Crippen molar-refractivity contribution < 1.29 is 9.59 Å². The van der Waals surface area contributed by atoms with Crippen molar-refractivity contribution in [3.63, 3.8) is 0 Å². The molecule has 2 fully saturated rings. The molecule has 0 spiro atoms. The molecule has 0 amide bonds. The SMILES string of the molecule is O=C(C#CC1CCCC1)c1ccccc1Br.O=C(CCC1CCCC1)c1ccccc1Br. The second-order valence-electron chi connectivity index (χ2n) is 8.65. The number of benzene rings is 2. The molecule has 0 aromatic heterocycles. The van der Waals surface area contributed by atoms with E-state index >= 15 is 0 Å². The highest BCUT2D eigenvalue weighted by molar-refractivity contribution is 9.10. The van der Waals surface area contributed by atoms with E-state index in [-0.39, 0.29) is 11.6 Å². The van der Waals surface area contributed by atoms with E-state index in [0.717, 1.165) is 39.7 Å². The molecule has 0 bridgehead atoms. The molecule has 0 saturated heterocycles. The van der Waals surface area contributed by atoms with Gasteiger partial charge in [-0.25, -0.2) is 0 Å². The Morgan fingerprint density at radius 2 is 1.31 bits per heavy atom. The lowest BCUT2D eigenvalue weighted by molar-refractivity contribution is 0.0972. The number of ketones is 2. The minimum atomic E-state index is -0.0839. The number of rotatable bonds is 5. The van der Waals surface area contributed by atoms with Gasteiger partial charge in [-0.3, -0.25) is 9.59 Å². The monoisotopic (exact) mass is 556 g/mol. The predicted molar refractivity (Wildman–Crippen MR) is 138 cm³/mol. The van der Waals surface area contributed by atoms with Crippen LogP contribution in [0.15, 0.2) is 57.5 Å². The third-order valence-corrected chi connectivity index (χ3v) is 7.68. The smallest absolute Gasteiger partial charge is 0.237 e. The first kappa shape index (κ1) is 24.9. The highest BCUT2D eigenvalue weighted by Crippen LogP contribution is 2.29. The van der Waals surface area contributed by atoms with Gasteiger partial charge in [-0.1, -0.05) is 107 Å². The van der Waals surface area contributed by atoms with Gasteiger partial charge >= 0.3 is 0 Å². The lowest BCUT2D eigenvalue weighted by atomic mass is 9.97. The maximum absolute atomic E-state index is 12.0. The lowest BCUT2D eigenvalue weighted by Crippen LogP contribution is -2.03. The van der Waals surface area contributed by atoms with Crippen LogP contribution in [0.4, 0.5) is 0 Å². The second kappa shape index (κ2) is 13.1. The molecule has 2 aliphatic rings. The molecule has 4 rings (SSSR count). The van der Waals surface area contributed by atoms with Crippen molar-refractivity contribution >= 4 is 43.4 Å². The topological polar surface area (TPSA) is 34.1 Å². The van der Waals surface area contributed by atoms with E-state index < -0.39 is 0 Å². The summed E-state index contributed by atoms with van der Waals surface area (Å²) in [6, 6.07) is 15.1. The largest absolute Gasteiger partial charge is 0.294 e. The molecule has 0 aliphatic heterocycles. The highest BCUT2D eigenvalue weighted by Gasteiger charge is 2.17. The molecule has 2 aromatic rings. The maximum atomic E-state index is 12.0. The number of hydrogen-bond donors (Lipinski definition) is 0. The van der Waals surface area contributed by atoms with Crippen molar-refractivity contribution in [2.45, 2.75) is 64.2 Å². The van der Waals surface area contributed by atoms with Gasteiger partial charge in [-0.2, -0.15) is 0 Å². The number of Topliss-reactive ketones (excluding diaryl/α,β-unsaturated/α-hetero) is 2. The summed E-state index contributed by atoms with van der Waals surface area (Å²) >= 11 is 6.79. The van der Waals surface area contributed by atoms with E-state index in [2.05, 4.69) is 43.7 Å². The highest BCUT2D eigenvalue weighted by atomic mass is 79.9. The van der Waals surface area contributed by atoms with E-state index in [1.54, 1.807) is 6.07 Å². The summed E-state index contributed by atoms with van der Waals surface area (Å²) < 4.78 is 1.74. The van der Waals surface area contributed by atoms with E-state index in [1.165, 1.54) is 38.5 Å². The first-order valence-electron chi connectivity index (χ1n) is 11.6. The Morgan fingerprint density at radius 3 is 1.91 bits per heavy atom. The third kappa shape index (κ3) is 7.71. The summed E-state index contributed by atoms with van der Waals surface area (Å²) in [5.74, 6) is 7.28. The van der Waals surface area contributed by atoms with Crippen LogP contribution < -0.4 is 0 Å². The fourth-order valence-electron chi connectivity index (χ4n) is 4.41. The Morgan fingerprint density at radius 1 is 0.781 bits per heavy atom. The average Bonchev–Trinajstić information content (AvgIpc) is 3.51. The molecule has 0 radical (unpaired) electrons. The number of carbonyl (C=O) groups is 2. The first-order valence-corrected chi connectivity index (χ1v) is 13.2. The predicted octanol–water partition coefficient (Wildman–Crippen LogP) is 8.43. The van der Waals surface area contributed by atoms with Crippen LogP contribution in [0.1, 0.15) is 84.9 Å². The number of hydrogen-bond acceptors (Lipinski definition) is 2. The minimum absolute atomic E-state index is 0.0839. The summed E-state index contributed by atoms with van der Waals surface area (Å²) in [7, 11) is 0. The minimum Gasteiger partial charge on any atom is -0.294 e. The Labute approximate surface area is 208 Å². The van der Waals surface area contributed by atoms with E-state index in [0.29, 0.717) is 17.9 Å². The first-order chi connectivity index (χ1) is 15.5. The van der Waals surface area contributed by atoms with Gasteiger partial charge in [0.15, 0.2) is 5.78 Å². The van der Waals surface area contributed by atoms with E-state index in [1.807, 2.05) is 42.5 Å². The van der Waals surface area contributed by atoms with Gasteiger partial charge in [0.2, 0.25) is 5.78 Å². The summed E-state index contributed by atoms with van der Waals surface area (Å²) in [5, 5.41) is 0. The molecule has 0 N–H and O–H groups in total. The molecular formula is C28H30Br2O2. The number of carbonyl (C=O) groups excluding carboxylic acids is 2. The zero-order valence-corrected chi connectivity index (χ0v) is 21.6. The fourth-order valence-corrected chi connectivity index (χ4v) is 5.38. The summed E-state index contributed by atoms with van der Waals surface area (Å²) in [6.45, 7) is 0. The molecule has 2 aliphatic carbocycles. The molecule has 2 nitrogen and oxygen atoms in total. The molecule has 2 aromatic carbocycles. The van der Waals surface area contributed by atoms with Crippen LogP contribution in [0, 0.1) is 23.7 Å². The average molecular weight is 558 g/mol. The van der Waals surface area contributed by atoms with Crippen LogP contribution in [0.3, 0.4) is 0 Å². The molecular weight excluding hydrogens is 528 g/mol. The van der Waals surface area contributed by atoms with Crippen LogP contribution in [-0.4, -0.2) is 11.6 Å². The van der Waals surface area contributed by atoms with Crippen molar-refractivity contribution in [1.82, 2.24) is 0 Å². The summed E-state index contributed by atoms with van der Waals surface area (Å²) in [5.41, 5.74) is 1.49. The molecule has 32 heavy (non-hydrogen) atoms. The van der Waals surface area contributed by atoms with Gasteiger partial charge in [-0.15, -0.1) is 0 Å². The molecule has 0 unspecified atom stereocenters. The third-order valence-electron chi connectivity index (χ3n) is 6.29. The van der Waals surface area contributed by atoms with Crippen LogP contribution in [0.5, 0.6) is 0 Å². The standard InChI is InChI=1S/C14H17BrO.C14H13BrO/c2*15-13-8-4-3-7-12(13)14(16)10-9-11-5-1-2-6-11/h3-4,7-8,11H,1-2,5-6,9-10H2;3-4,7-8,11H,1-2,5-6H2. The van der Waals surface area contributed by atoms with Crippen molar-refractivity contribution in [2.75, 3.05) is 0 Å². The van der Waals surface area contributed by atoms with Crippen molar-refractivity contribution in [1.29, 1.82) is 0 Å². The van der Waals surface area contributed by atoms with Crippen LogP contribution >= 0.6 is 31.9 Å². The van der Waals surface area contributed by atoms with Gasteiger partial charge in [0.25, 0.3) is 0 Å². The Hall–Kier alpha value is -1.70. The molecule has 0 atom stereocenters. The Balaban J connectivity index is 0.000000181. The zero-order valence-electron chi connectivity index (χ0n) is 18.4. The molecule has 2 saturated carbocycles. The quantitative estimate of drug-likeness (QED) is 0.210. The summed E-state index contributed by atoms with van der Waals surface area (Å²) in [4.78, 5) is 23.8. The molecule has 4 heteroatoms. The van der Waals surface area contributed by atoms with Crippen LogP contribution in [0.25, 0.3) is 0 Å². The van der Waals surface area contributed by atoms with Crippen molar-refractivity contribution in [3.8, 4) is 11.8 Å². The second-order valence-corrected chi connectivity index (χ2v) is 10.4. The van der Waals surface area contributed by atoms with E-state index in [9.17, 15) is 9.59 Å². The zero-order chi connectivity index (χ0) is 22.8. The van der Waals surface area contributed by atoms with Gasteiger partial charge in [-0.05, 0) is 49.3 Å². The fraction of sp³-hybridized carbons (Fsp3) is 0.429. The normalized spacial score (nSPS) is 16.1. The van der Waals surface area contributed by atoms with Crippen LogP contribution in [0.2, 0.25) is 0 Å². The van der Waals surface area contributed by atoms with Gasteiger partial charge in [0.05, 0.1) is 0 Å². The van der Waals surface area contributed by atoms with Crippen molar-refractivity contribution in [3.05, 3.63) is 68.6 Å². The van der Waals surface area contributed by atoms with Crippen LogP contribution in [-0.2, 0) is 0 Å².